The molecule has 2 rings (SSSR count). The molecule has 22 heavy (non-hydrogen) atoms. The molecule has 3 N–H and O–H groups in total. The number of benzene rings is 1. The Morgan fingerprint density at radius 1 is 1.27 bits per heavy atom. The number of nitrogen functional groups attached to an aromatic ring is 1. The topological polar surface area (TPSA) is 58.4 Å². The Balaban J connectivity index is 2.37. The van der Waals surface area contributed by atoms with E-state index in [9.17, 15) is 4.79 Å². The maximum atomic E-state index is 12.0. The summed E-state index contributed by atoms with van der Waals surface area (Å²) in [4.78, 5) is 14.5. The summed E-state index contributed by atoms with van der Waals surface area (Å²) in [5, 5.41) is 2.96. The lowest BCUT2D eigenvalue weighted by molar-refractivity contribution is -0.118. The third-order valence-corrected chi connectivity index (χ3v) is 4.62. The Kier molecular flexibility index (Phi) is 4.99. The van der Waals surface area contributed by atoms with Crippen LogP contribution in [0.15, 0.2) is 12.1 Å². The van der Waals surface area contributed by atoms with Gasteiger partial charge in [-0.3, -0.25) is 4.79 Å². The first-order valence-electron chi connectivity index (χ1n) is 8.30. The average molecular weight is 303 g/mol. The molecule has 1 saturated heterocycles. The third kappa shape index (κ3) is 3.37. The number of rotatable bonds is 3. The summed E-state index contributed by atoms with van der Waals surface area (Å²) >= 11 is 0. The monoisotopic (exact) mass is 303 g/mol. The minimum atomic E-state index is -0.0583. The summed E-state index contributed by atoms with van der Waals surface area (Å²) in [7, 11) is 0. The predicted molar refractivity (Wildman–Crippen MR) is 94.3 cm³/mol. The van der Waals surface area contributed by atoms with E-state index >= 15 is 0 Å². The van der Waals surface area contributed by atoms with Crippen LogP contribution in [-0.4, -0.2) is 18.0 Å². The minimum Gasteiger partial charge on any atom is -0.397 e. The Hall–Kier alpha value is -1.71. The SMILES string of the molecule is Cc1cc(N)c(NC(=O)C(C)C)cc1N1[C@H](C)CCC[C@@H]1C. The van der Waals surface area contributed by atoms with Crippen LogP contribution in [0.2, 0.25) is 0 Å². The smallest absolute Gasteiger partial charge is 0.226 e. The van der Waals surface area contributed by atoms with Gasteiger partial charge in [0.1, 0.15) is 0 Å². The van der Waals surface area contributed by atoms with Gasteiger partial charge < -0.3 is 16.0 Å². The number of carbonyl (C=O) groups excluding carboxylic acids is 1. The molecule has 0 aliphatic carbocycles. The van der Waals surface area contributed by atoms with E-state index in [1.54, 1.807) is 0 Å². The number of hydrogen-bond donors (Lipinski definition) is 2. The molecular weight excluding hydrogens is 274 g/mol. The molecule has 1 aliphatic heterocycles. The van der Waals surface area contributed by atoms with Crippen LogP contribution in [0.3, 0.4) is 0 Å². The number of anilines is 3. The summed E-state index contributed by atoms with van der Waals surface area (Å²) in [6.07, 6.45) is 3.70. The third-order valence-electron chi connectivity index (χ3n) is 4.62. The number of hydrogen-bond acceptors (Lipinski definition) is 3. The zero-order valence-electron chi connectivity index (χ0n) is 14.4. The lowest BCUT2D eigenvalue weighted by atomic mass is 9.95. The first kappa shape index (κ1) is 16.7. The highest BCUT2D eigenvalue weighted by molar-refractivity contribution is 5.96. The van der Waals surface area contributed by atoms with Gasteiger partial charge in [0, 0.05) is 23.7 Å². The van der Waals surface area contributed by atoms with Crippen molar-refractivity contribution in [3.8, 4) is 0 Å². The molecule has 0 bridgehead atoms. The molecule has 0 saturated carbocycles. The number of nitrogens with zero attached hydrogens (tertiary/aromatic N) is 1. The molecule has 4 heteroatoms. The van der Waals surface area contributed by atoms with Crippen LogP contribution in [0.4, 0.5) is 17.1 Å². The molecule has 4 nitrogen and oxygen atoms in total. The van der Waals surface area contributed by atoms with E-state index in [-0.39, 0.29) is 11.8 Å². The van der Waals surface area contributed by atoms with Crippen LogP contribution in [0.25, 0.3) is 0 Å². The molecule has 1 fully saturated rings. The molecule has 0 aromatic heterocycles. The van der Waals surface area contributed by atoms with Gasteiger partial charge in [-0.2, -0.15) is 0 Å². The highest BCUT2D eigenvalue weighted by Crippen LogP contribution is 2.35. The highest BCUT2D eigenvalue weighted by Gasteiger charge is 2.26. The Labute approximate surface area is 134 Å². The predicted octanol–water partition coefficient (Wildman–Crippen LogP) is 3.94. The van der Waals surface area contributed by atoms with E-state index < -0.39 is 0 Å². The molecule has 2 atom stereocenters. The zero-order chi connectivity index (χ0) is 16.4. The van der Waals surface area contributed by atoms with Gasteiger partial charge in [-0.05, 0) is 57.7 Å². The van der Waals surface area contributed by atoms with E-state index in [0.29, 0.717) is 17.8 Å². The van der Waals surface area contributed by atoms with E-state index in [0.717, 1.165) is 5.69 Å². The van der Waals surface area contributed by atoms with Crippen molar-refractivity contribution in [2.45, 2.75) is 66.0 Å². The van der Waals surface area contributed by atoms with E-state index in [4.69, 9.17) is 5.73 Å². The van der Waals surface area contributed by atoms with Gasteiger partial charge in [0.15, 0.2) is 0 Å². The van der Waals surface area contributed by atoms with Crippen LogP contribution in [0.5, 0.6) is 0 Å². The summed E-state index contributed by atoms with van der Waals surface area (Å²) in [5.41, 5.74) is 9.82. The van der Waals surface area contributed by atoms with Crippen molar-refractivity contribution in [3.63, 3.8) is 0 Å². The van der Waals surface area contributed by atoms with Crippen LogP contribution in [-0.2, 0) is 4.79 Å². The normalized spacial score (nSPS) is 22.0. The summed E-state index contributed by atoms with van der Waals surface area (Å²) in [6, 6.07) is 5.04. The molecule has 1 aromatic carbocycles. The molecule has 1 aliphatic rings. The van der Waals surface area contributed by atoms with Crippen molar-refractivity contribution in [1.82, 2.24) is 0 Å². The second-order valence-electron chi connectivity index (χ2n) is 6.91. The number of nitrogens with one attached hydrogen (secondary N) is 1. The fourth-order valence-electron chi connectivity index (χ4n) is 3.28. The van der Waals surface area contributed by atoms with Gasteiger partial charge in [-0.15, -0.1) is 0 Å². The molecular formula is C18H29N3O. The zero-order valence-corrected chi connectivity index (χ0v) is 14.4. The number of nitrogens with two attached hydrogens (primary N) is 1. The maximum absolute atomic E-state index is 12.0. The summed E-state index contributed by atoms with van der Waals surface area (Å²) in [6.45, 7) is 10.4. The molecule has 1 aromatic rings. The van der Waals surface area contributed by atoms with Gasteiger partial charge in [0.25, 0.3) is 0 Å². The Morgan fingerprint density at radius 2 is 1.86 bits per heavy atom. The number of aryl methyl sites for hydroxylation is 1. The standard InChI is InChI=1S/C18H29N3O/c1-11(2)18(22)20-16-10-17(12(3)9-15(16)19)21-13(4)7-6-8-14(21)5/h9-11,13-14H,6-8,19H2,1-5H3,(H,20,22)/t13-,14+. The first-order valence-corrected chi connectivity index (χ1v) is 8.30. The van der Waals surface area contributed by atoms with Gasteiger partial charge in [-0.1, -0.05) is 13.8 Å². The molecule has 0 radical (unpaired) electrons. The van der Waals surface area contributed by atoms with Crippen LogP contribution >= 0.6 is 0 Å². The fraction of sp³-hybridized carbons (Fsp3) is 0.611. The maximum Gasteiger partial charge on any atom is 0.226 e. The Bertz CT molecular complexity index is 544. The molecule has 122 valence electrons. The van der Waals surface area contributed by atoms with Crippen LogP contribution < -0.4 is 16.0 Å². The van der Waals surface area contributed by atoms with Crippen LogP contribution in [0.1, 0.15) is 52.5 Å². The molecule has 0 unspecified atom stereocenters. The second kappa shape index (κ2) is 6.59. The van der Waals surface area contributed by atoms with Crippen molar-refractivity contribution in [1.29, 1.82) is 0 Å². The minimum absolute atomic E-state index is 0.00115. The van der Waals surface area contributed by atoms with Crippen molar-refractivity contribution in [2.75, 3.05) is 16.0 Å². The number of amides is 1. The molecule has 1 amide bonds. The fourth-order valence-corrected chi connectivity index (χ4v) is 3.28. The van der Waals surface area contributed by atoms with Gasteiger partial charge >= 0.3 is 0 Å². The summed E-state index contributed by atoms with van der Waals surface area (Å²) < 4.78 is 0. The van der Waals surface area contributed by atoms with E-state index in [1.165, 1.54) is 30.5 Å². The average Bonchev–Trinajstić information content (AvgIpc) is 2.43. The lowest BCUT2D eigenvalue weighted by Gasteiger charge is -2.42. The van der Waals surface area contributed by atoms with Gasteiger partial charge in [0.05, 0.1) is 11.4 Å². The van der Waals surface area contributed by atoms with Gasteiger partial charge in [0.2, 0.25) is 5.91 Å². The first-order chi connectivity index (χ1) is 10.3. The van der Waals surface area contributed by atoms with Gasteiger partial charge in [-0.25, -0.2) is 0 Å². The van der Waals surface area contributed by atoms with Crippen molar-refractivity contribution in [2.24, 2.45) is 5.92 Å². The number of piperidine rings is 1. The van der Waals surface area contributed by atoms with Crippen molar-refractivity contribution >= 4 is 23.0 Å². The van der Waals surface area contributed by atoms with Crippen molar-refractivity contribution < 1.29 is 4.79 Å². The largest absolute Gasteiger partial charge is 0.397 e. The van der Waals surface area contributed by atoms with Crippen molar-refractivity contribution in [3.05, 3.63) is 17.7 Å². The highest BCUT2D eigenvalue weighted by atomic mass is 16.1. The lowest BCUT2D eigenvalue weighted by Crippen LogP contribution is -2.44. The molecule has 0 spiro atoms. The Morgan fingerprint density at radius 3 is 2.41 bits per heavy atom. The van der Waals surface area contributed by atoms with E-state index in [1.807, 2.05) is 26.0 Å². The van der Waals surface area contributed by atoms with E-state index in [2.05, 4.69) is 31.0 Å². The number of carbonyl (C=O) groups is 1. The summed E-state index contributed by atoms with van der Waals surface area (Å²) in [5.74, 6) is -0.0572. The van der Waals surface area contributed by atoms with Crippen LogP contribution in [0, 0.1) is 12.8 Å². The molecule has 1 heterocycles. The quantitative estimate of drug-likeness (QED) is 0.832. The second-order valence-corrected chi connectivity index (χ2v) is 6.91.